The molecular weight excluding hydrogens is 368 g/mol. The fourth-order valence-corrected chi connectivity index (χ4v) is 2.42. The molecule has 1 saturated heterocycles. The number of amides is 5. The van der Waals surface area contributed by atoms with E-state index in [9.17, 15) is 29.3 Å². The highest BCUT2D eigenvalue weighted by Crippen LogP contribution is 2.26. The van der Waals surface area contributed by atoms with Crippen LogP contribution in [0.3, 0.4) is 0 Å². The topological polar surface area (TPSA) is 130 Å². The van der Waals surface area contributed by atoms with E-state index >= 15 is 0 Å². The average molecular weight is 383 g/mol. The lowest BCUT2D eigenvalue weighted by molar-refractivity contribution is -0.384. The quantitative estimate of drug-likeness (QED) is 0.331. The minimum atomic E-state index is -1.09. The van der Waals surface area contributed by atoms with Gasteiger partial charge < -0.3 is 5.32 Å². The van der Waals surface area contributed by atoms with Crippen molar-refractivity contribution in [1.29, 1.82) is 0 Å². The van der Waals surface area contributed by atoms with Crippen LogP contribution in [0.4, 0.5) is 16.2 Å². The number of hydrogen-bond acceptors (Lipinski definition) is 6. The molecule has 2 rings (SSSR count). The Balaban J connectivity index is 2.09. The van der Waals surface area contributed by atoms with Gasteiger partial charge in [0.2, 0.25) is 5.91 Å². The highest BCUT2D eigenvalue weighted by molar-refractivity contribution is 6.45. The summed E-state index contributed by atoms with van der Waals surface area (Å²) in [4.78, 5) is 59.4. The molecule has 26 heavy (non-hydrogen) atoms. The van der Waals surface area contributed by atoms with Crippen molar-refractivity contribution in [2.24, 2.45) is 0 Å². The van der Waals surface area contributed by atoms with Gasteiger partial charge in [-0.1, -0.05) is 24.9 Å². The summed E-state index contributed by atoms with van der Waals surface area (Å²) in [5.74, 6) is -2.89. The van der Waals surface area contributed by atoms with Crippen molar-refractivity contribution < 1.29 is 24.1 Å². The molecule has 1 aromatic carbocycles. The Bertz CT molecular complexity index is 796. The Morgan fingerprint density at radius 1 is 1.23 bits per heavy atom. The first-order valence-electron chi connectivity index (χ1n) is 7.67. The normalized spacial score (nSPS) is 14.2. The van der Waals surface area contributed by atoms with Crippen molar-refractivity contribution in [2.45, 2.75) is 19.8 Å². The summed E-state index contributed by atoms with van der Waals surface area (Å²) in [6.07, 6.45) is 1.26. The number of nitro groups is 1. The first kappa shape index (κ1) is 19.3. The summed E-state index contributed by atoms with van der Waals surface area (Å²) in [6, 6.07) is 2.58. The molecule has 0 unspecified atom stereocenters. The van der Waals surface area contributed by atoms with Gasteiger partial charge in [0.15, 0.2) is 0 Å². The largest absolute Gasteiger partial charge is 0.334 e. The molecule has 0 saturated carbocycles. The Labute approximate surface area is 152 Å². The summed E-state index contributed by atoms with van der Waals surface area (Å²) >= 11 is 5.88. The van der Waals surface area contributed by atoms with Crippen LogP contribution < -0.4 is 5.32 Å². The number of nitro benzene ring substituents is 1. The number of non-ortho nitro benzene ring substituents is 1. The van der Waals surface area contributed by atoms with Crippen molar-refractivity contribution in [1.82, 2.24) is 9.80 Å². The molecule has 0 atom stereocenters. The summed E-state index contributed by atoms with van der Waals surface area (Å²) in [5.41, 5.74) is -0.335. The summed E-state index contributed by atoms with van der Waals surface area (Å²) in [7, 11) is 0. The Hall–Kier alpha value is -3.01. The van der Waals surface area contributed by atoms with Crippen LogP contribution in [-0.4, -0.2) is 51.6 Å². The SMILES string of the molecule is CCCCN1C(=O)C(=O)N(CC(=O)Nc2cc([N+](=O)[O-])ccc2Cl)C1=O. The number of imide groups is 2. The third-order valence-corrected chi connectivity index (χ3v) is 3.94. The number of nitrogens with one attached hydrogen (secondary N) is 1. The van der Waals surface area contributed by atoms with Gasteiger partial charge in [0.05, 0.1) is 15.6 Å². The number of unbranched alkanes of at least 4 members (excludes halogenated alkanes) is 1. The second kappa shape index (κ2) is 7.91. The summed E-state index contributed by atoms with van der Waals surface area (Å²) in [5, 5.41) is 13.1. The highest BCUT2D eigenvalue weighted by atomic mass is 35.5. The van der Waals surface area contributed by atoms with Crippen LogP contribution in [0.5, 0.6) is 0 Å². The number of nitrogens with zero attached hydrogens (tertiary/aromatic N) is 3. The van der Waals surface area contributed by atoms with Crippen molar-refractivity contribution in [3.05, 3.63) is 33.3 Å². The minimum Gasteiger partial charge on any atom is -0.323 e. The van der Waals surface area contributed by atoms with E-state index in [1.165, 1.54) is 6.07 Å². The zero-order valence-electron chi connectivity index (χ0n) is 13.7. The van der Waals surface area contributed by atoms with Gasteiger partial charge in [-0.2, -0.15) is 0 Å². The van der Waals surface area contributed by atoms with Crippen LogP contribution in [0, 0.1) is 10.1 Å². The van der Waals surface area contributed by atoms with E-state index in [-0.39, 0.29) is 22.9 Å². The van der Waals surface area contributed by atoms with Gasteiger partial charge in [-0.3, -0.25) is 29.4 Å². The number of anilines is 1. The van der Waals surface area contributed by atoms with Gasteiger partial charge in [-0.05, 0) is 12.5 Å². The molecule has 0 aliphatic carbocycles. The Morgan fingerprint density at radius 3 is 2.50 bits per heavy atom. The molecule has 1 aromatic rings. The number of carbonyl (C=O) groups is 4. The molecular formula is C15H15ClN4O6. The molecule has 0 aromatic heterocycles. The molecule has 0 spiro atoms. The van der Waals surface area contributed by atoms with E-state index < -0.39 is 35.2 Å². The van der Waals surface area contributed by atoms with E-state index in [4.69, 9.17) is 11.6 Å². The van der Waals surface area contributed by atoms with Crippen molar-refractivity contribution >= 4 is 46.7 Å². The smallest absolute Gasteiger partial charge is 0.323 e. The maximum Gasteiger partial charge on any atom is 0.334 e. The molecule has 0 radical (unpaired) electrons. The number of rotatable bonds is 7. The molecule has 138 valence electrons. The Kier molecular flexibility index (Phi) is 5.88. The number of hydrogen-bond donors (Lipinski definition) is 1. The Morgan fingerprint density at radius 2 is 1.88 bits per heavy atom. The van der Waals surface area contributed by atoms with Gasteiger partial charge in [0.1, 0.15) is 6.54 Å². The first-order chi connectivity index (χ1) is 12.3. The predicted molar refractivity (Wildman–Crippen MR) is 90.5 cm³/mol. The third-order valence-electron chi connectivity index (χ3n) is 3.61. The average Bonchev–Trinajstić information content (AvgIpc) is 2.78. The molecule has 1 aliphatic heterocycles. The fourth-order valence-electron chi connectivity index (χ4n) is 2.26. The van der Waals surface area contributed by atoms with E-state index in [0.717, 1.165) is 23.5 Å². The monoisotopic (exact) mass is 382 g/mol. The summed E-state index contributed by atoms with van der Waals surface area (Å²) < 4.78 is 0. The lowest BCUT2D eigenvalue weighted by Crippen LogP contribution is -2.39. The van der Waals surface area contributed by atoms with Crippen LogP contribution in [-0.2, 0) is 14.4 Å². The van der Waals surface area contributed by atoms with E-state index in [0.29, 0.717) is 11.3 Å². The third kappa shape index (κ3) is 3.97. The zero-order valence-corrected chi connectivity index (χ0v) is 14.5. The van der Waals surface area contributed by atoms with Crippen LogP contribution in [0.15, 0.2) is 18.2 Å². The summed E-state index contributed by atoms with van der Waals surface area (Å²) in [6.45, 7) is 1.25. The number of halogens is 1. The molecule has 1 aliphatic rings. The number of carbonyl (C=O) groups excluding carboxylic acids is 4. The van der Waals surface area contributed by atoms with Crippen LogP contribution in [0.2, 0.25) is 5.02 Å². The standard InChI is InChI=1S/C15H15ClN4O6/c1-2-3-6-18-13(22)14(23)19(15(18)24)8-12(21)17-11-7-9(20(25)26)4-5-10(11)16/h4-5,7H,2-3,6,8H2,1H3,(H,17,21). The van der Waals surface area contributed by atoms with Gasteiger partial charge in [0, 0.05) is 18.7 Å². The minimum absolute atomic E-state index is 0.0425. The van der Waals surface area contributed by atoms with Gasteiger partial charge in [0.25, 0.3) is 5.69 Å². The van der Waals surface area contributed by atoms with Crippen LogP contribution >= 0.6 is 11.6 Å². The van der Waals surface area contributed by atoms with Gasteiger partial charge in [-0.25, -0.2) is 9.69 Å². The molecule has 11 heteroatoms. The van der Waals surface area contributed by atoms with Crippen molar-refractivity contribution in [3.63, 3.8) is 0 Å². The molecule has 1 heterocycles. The second-order valence-corrected chi connectivity index (χ2v) is 5.86. The molecule has 10 nitrogen and oxygen atoms in total. The van der Waals surface area contributed by atoms with Gasteiger partial charge in [-0.15, -0.1) is 0 Å². The highest BCUT2D eigenvalue weighted by Gasteiger charge is 2.44. The maximum absolute atomic E-state index is 12.1. The molecule has 1 fully saturated rings. The van der Waals surface area contributed by atoms with Gasteiger partial charge >= 0.3 is 17.8 Å². The van der Waals surface area contributed by atoms with E-state index in [1.54, 1.807) is 0 Å². The van der Waals surface area contributed by atoms with Crippen molar-refractivity contribution in [3.8, 4) is 0 Å². The fraction of sp³-hybridized carbons (Fsp3) is 0.333. The number of benzene rings is 1. The second-order valence-electron chi connectivity index (χ2n) is 5.45. The lowest BCUT2D eigenvalue weighted by atomic mass is 10.2. The van der Waals surface area contributed by atoms with Crippen molar-refractivity contribution in [2.75, 3.05) is 18.4 Å². The molecule has 1 N–H and O–H groups in total. The molecule has 0 bridgehead atoms. The predicted octanol–water partition coefficient (Wildman–Crippen LogP) is 1.78. The van der Waals surface area contributed by atoms with E-state index in [2.05, 4.69) is 5.32 Å². The van der Waals surface area contributed by atoms with Crippen LogP contribution in [0.25, 0.3) is 0 Å². The maximum atomic E-state index is 12.1. The zero-order chi connectivity index (χ0) is 19.4. The number of urea groups is 1. The van der Waals surface area contributed by atoms with Crippen LogP contribution in [0.1, 0.15) is 19.8 Å². The van der Waals surface area contributed by atoms with E-state index in [1.807, 2.05) is 6.92 Å². The first-order valence-corrected chi connectivity index (χ1v) is 8.05. The lowest BCUT2D eigenvalue weighted by Gasteiger charge is -2.15. The molecule has 5 amide bonds.